The molecule has 1 N–H and O–H groups in total. The Hall–Kier alpha value is -1.88. The molecule has 4 nitrogen and oxygen atoms in total. The van der Waals surface area contributed by atoms with Crippen LogP contribution in [0.4, 0.5) is 5.13 Å². The highest BCUT2D eigenvalue weighted by Crippen LogP contribution is 2.19. The summed E-state index contributed by atoms with van der Waals surface area (Å²) in [4.78, 5) is 16.2. The summed E-state index contributed by atoms with van der Waals surface area (Å²) >= 11 is 1.41. The van der Waals surface area contributed by atoms with E-state index in [0.717, 1.165) is 10.9 Å². The number of hydrogen-bond acceptors (Lipinski definition) is 5. The van der Waals surface area contributed by atoms with Gasteiger partial charge >= 0.3 is 0 Å². The van der Waals surface area contributed by atoms with Crippen LogP contribution in [0.2, 0.25) is 0 Å². The summed E-state index contributed by atoms with van der Waals surface area (Å²) in [5, 5.41) is 5.39. The quantitative estimate of drug-likeness (QED) is 0.844. The van der Waals surface area contributed by atoms with Crippen LogP contribution >= 0.6 is 11.3 Å². The van der Waals surface area contributed by atoms with Gasteiger partial charge < -0.3 is 10.1 Å². The van der Waals surface area contributed by atoms with Gasteiger partial charge in [0, 0.05) is 18.0 Å². The predicted molar refractivity (Wildman–Crippen MR) is 68.1 cm³/mol. The third-order valence-electron chi connectivity index (χ3n) is 2.30. The van der Waals surface area contributed by atoms with E-state index in [1.165, 1.54) is 11.3 Å². The number of thiazole rings is 1. The minimum atomic E-state index is -0.0783. The molecule has 0 unspecified atom stereocenters. The summed E-state index contributed by atoms with van der Waals surface area (Å²) in [7, 11) is 3.37. The van der Waals surface area contributed by atoms with Gasteiger partial charge in [-0.05, 0) is 24.3 Å². The maximum atomic E-state index is 12.1. The lowest BCUT2D eigenvalue weighted by Crippen LogP contribution is -2.02. The van der Waals surface area contributed by atoms with Gasteiger partial charge in [0.05, 0.1) is 7.11 Å². The van der Waals surface area contributed by atoms with E-state index < -0.39 is 0 Å². The average Bonchev–Trinajstić information content (AvgIpc) is 2.87. The summed E-state index contributed by atoms with van der Waals surface area (Å²) in [6.07, 6.45) is 0. The highest BCUT2D eigenvalue weighted by molar-refractivity contribution is 7.13. The van der Waals surface area contributed by atoms with E-state index in [1.54, 1.807) is 43.8 Å². The standard InChI is InChI=1S/C12H12N2O2S/c1-13-12-14-10(7-17-12)11(15)8-3-5-9(16-2)6-4-8/h3-7H,1-2H3,(H,13,14). The van der Waals surface area contributed by atoms with Gasteiger partial charge in [-0.1, -0.05) is 0 Å². The zero-order valence-corrected chi connectivity index (χ0v) is 10.4. The number of carbonyl (C=O) groups excluding carboxylic acids is 1. The molecule has 1 heterocycles. The second-order valence-electron chi connectivity index (χ2n) is 3.35. The van der Waals surface area contributed by atoms with Crippen LogP contribution in [0.15, 0.2) is 29.6 Å². The lowest BCUT2D eigenvalue weighted by Gasteiger charge is -2.00. The minimum Gasteiger partial charge on any atom is -0.497 e. The van der Waals surface area contributed by atoms with Crippen molar-refractivity contribution in [2.75, 3.05) is 19.5 Å². The number of rotatable bonds is 4. The Balaban J connectivity index is 2.23. The van der Waals surface area contributed by atoms with Crippen LogP contribution in [0.3, 0.4) is 0 Å². The third kappa shape index (κ3) is 2.45. The van der Waals surface area contributed by atoms with Crippen LogP contribution in [0.1, 0.15) is 16.1 Å². The molecule has 2 aromatic rings. The van der Waals surface area contributed by atoms with Crippen molar-refractivity contribution >= 4 is 22.3 Å². The van der Waals surface area contributed by atoms with Crippen LogP contribution < -0.4 is 10.1 Å². The van der Waals surface area contributed by atoms with E-state index in [9.17, 15) is 4.79 Å². The largest absolute Gasteiger partial charge is 0.497 e. The predicted octanol–water partition coefficient (Wildman–Crippen LogP) is 2.42. The Morgan fingerprint density at radius 2 is 2.06 bits per heavy atom. The van der Waals surface area contributed by atoms with Crippen LogP contribution in [0, 0.1) is 0 Å². The first-order chi connectivity index (χ1) is 8.24. The van der Waals surface area contributed by atoms with Crippen molar-refractivity contribution in [2.45, 2.75) is 0 Å². The van der Waals surface area contributed by atoms with Crippen LogP contribution in [0.25, 0.3) is 0 Å². The van der Waals surface area contributed by atoms with Crippen molar-refractivity contribution in [2.24, 2.45) is 0 Å². The Labute approximate surface area is 103 Å². The van der Waals surface area contributed by atoms with Crippen molar-refractivity contribution < 1.29 is 9.53 Å². The summed E-state index contributed by atoms with van der Waals surface area (Å²) in [6.45, 7) is 0. The first-order valence-electron chi connectivity index (χ1n) is 5.06. The van der Waals surface area contributed by atoms with Gasteiger partial charge in [0.2, 0.25) is 5.78 Å². The molecule has 0 fully saturated rings. The molecule has 0 bridgehead atoms. The molecule has 0 aliphatic rings. The number of ketones is 1. The van der Waals surface area contributed by atoms with Crippen molar-refractivity contribution in [3.63, 3.8) is 0 Å². The topological polar surface area (TPSA) is 51.2 Å². The molecule has 0 saturated heterocycles. The number of aromatic nitrogens is 1. The summed E-state index contributed by atoms with van der Waals surface area (Å²) in [5.41, 5.74) is 1.07. The lowest BCUT2D eigenvalue weighted by atomic mass is 10.1. The molecule has 88 valence electrons. The molecule has 17 heavy (non-hydrogen) atoms. The molecule has 0 spiro atoms. The van der Waals surface area contributed by atoms with Crippen LogP contribution in [-0.2, 0) is 0 Å². The Kier molecular flexibility index (Phi) is 3.39. The Bertz CT molecular complexity index is 520. The molecule has 1 aromatic heterocycles. The Morgan fingerprint density at radius 3 is 2.59 bits per heavy atom. The molecule has 0 saturated carbocycles. The summed E-state index contributed by atoms with van der Waals surface area (Å²) in [6, 6.07) is 7.00. The van der Waals surface area contributed by atoms with Gasteiger partial charge in [-0.25, -0.2) is 4.98 Å². The number of ether oxygens (including phenoxy) is 1. The van der Waals surface area contributed by atoms with E-state index in [1.807, 2.05) is 0 Å². The molecular formula is C12H12N2O2S. The lowest BCUT2D eigenvalue weighted by molar-refractivity contribution is 0.103. The molecule has 5 heteroatoms. The number of anilines is 1. The summed E-state index contributed by atoms with van der Waals surface area (Å²) < 4.78 is 5.04. The summed E-state index contributed by atoms with van der Waals surface area (Å²) in [5.74, 6) is 0.654. The highest BCUT2D eigenvalue weighted by atomic mass is 32.1. The molecule has 0 aliphatic carbocycles. The molecule has 2 rings (SSSR count). The van der Waals surface area contributed by atoms with Gasteiger partial charge in [-0.2, -0.15) is 0 Å². The van der Waals surface area contributed by atoms with Crippen molar-refractivity contribution in [3.05, 3.63) is 40.9 Å². The SMILES string of the molecule is CNc1nc(C(=O)c2ccc(OC)cc2)cs1. The van der Waals surface area contributed by atoms with E-state index in [0.29, 0.717) is 11.3 Å². The smallest absolute Gasteiger partial charge is 0.212 e. The van der Waals surface area contributed by atoms with E-state index in [2.05, 4.69) is 10.3 Å². The van der Waals surface area contributed by atoms with Crippen molar-refractivity contribution in [3.8, 4) is 5.75 Å². The molecule has 1 aromatic carbocycles. The second-order valence-corrected chi connectivity index (χ2v) is 4.20. The maximum absolute atomic E-state index is 12.1. The normalized spacial score (nSPS) is 10.0. The number of nitrogens with one attached hydrogen (secondary N) is 1. The van der Waals surface area contributed by atoms with E-state index >= 15 is 0 Å². The van der Waals surface area contributed by atoms with Gasteiger partial charge in [0.25, 0.3) is 0 Å². The fraction of sp³-hybridized carbons (Fsp3) is 0.167. The number of nitrogens with zero attached hydrogens (tertiary/aromatic N) is 1. The number of hydrogen-bond donors (Lipinski definition) is 1. The number of benzene rings is 1. The molecule has 0 aliphatic heterocycles. The zero-order chi connectivity index (χ0) is 12.3. The van der Waals surface area contributed by atoms with E-state index in [-0.39, 0.29) is 5.78 Å². The van der Waals surface area contributed by atoms with Crippen molar-refractivity contribution in [1.82, 2.24) is 4.98 Å². The van der Waals surface area contributed by atoms with E-state index in [4.69, 9.17) is 4.74 Å². The van der Waals surface area contributed by atoms with Gasteiger partial charge in [0.1, 0.15) is 11.4 Å². The zero-order valence-electron chi connectivity index (χ0n) is 9.56. The fourth-order valence-corrected chi connectivity index (χ4v) is 2.04. The number of methoxy groups -OCH3 is 1. The van der Waals surface area contributed by atoms with Gasteiger partial charge in [0.15, 0.2) is 5.13 Å². The second kappa shape index (κ2) is 4.97. The third-order valence-corrected chi connectivity index (χ3v) is 3.16. The molecule has 0 atom stereocenters. The maximum Gasteiger partial charge on any atom is 0.212 e. The van der Waals surface area contributed by atoms with Gasteiger partial charge in [-0.15, -0.1) is 11.3 Å². The molecule has 0 radical (unpaired) electrons. The minimum absolute atomic E-state index is 0.0783. The Morgan fingerprint density at radius 1 is 1.35 bits per heavy atom. The first-order valence-corrected chi connectivity index (χ1v) is 5.94. The fourth-order valence-electron chi connectivity index (χ4n) is 1.38. The van der Waals surface area contributed by atoms with Gasteiger partial charge in [-0.3, -0.25) is 4.79 Å². The number of carbonyl (C=O) groups is 1. The highest BCUT2D eigenvalue weighted by Gasteiger charge is 2.12. The first kappa shape index (κ1) is 11.6. The van der Waals surface area contributed by atoms with Crippen molar-refractivity contribution in [1.29, 1.82) is 0 Å². The monoisotopic (exact) mass is 248 g/mol. The molecular weight excluding hydrogens is 236 g/mol. The molecule has 0 amide bonds. The van der Waals surface area contributed by atoms with Crippen LogP contribution in [0.5, 0.6) is 5.75 Å². The average molecular weight is 248 g/mol. The van der Waals surface area contributed by atoms with Crippen LogP contribution in [-0.4, -0.2) is 24.9 Å².